The highest BCUT2D eigenvalue weighted by Crippen LogP contribution is 2.34. The summed E-state index contributed by atoms with van der Waals surface area (Å²) < 4.78 is 39.9. The second-order valence-corrected chi connectivity index (χ2v) is 4.85. The lowest BCUT2D eigenvalue weighted by Crippen LogP contribution is -2.18. The van der Waals surface area contributed by atoms with Crippen LogP contribution in [0, 0.1) is 0 Å². The van der Waals surface area contributed by atoms with Crippen molar-refractivity contribution in [1.82, 2.24) is 19.7 Å². The molecule has 0 saturated carbocycles. The second-order valence-electron chi connectivity index (χ2n) is 3.96. The highest BCUT2D eigenvalue weighted by molar-refractivity contribution is 7.16. The molecule has 3 aromatic rings. The van der Waals surface area contributed by atoms with E-state index in [1.165, 1.54) is 11.3 Å². The van der Waals surface area contributed by atoms with E-state index < -0.39 is 23.4 Å². The van der Waals surface area contributed by atoms with E-state index in [0.717, 1.165) is 6.33 Å². The second kappa shape index (κ2) is 4.52. The molecule has 0 unspecified atom stereocenters. The zero-order valence-electron chi connectivity index (χ0n) is 10.00. The fourth-order valence-electron chi connectivity index (χ4n) is 1.88. The van der Waals surface area contributed by atoms with Gasteiger partial charge in [-0.2, -0.15) is 18.3 Å². The van der Waals surface area contributed by atoms with Crippen LogP contribution in [0.5, 0.6) is 0 Å². The molecule has 0 aliphatic rings. The van der Waals surface area contributed by atoms with Gasteiger partial charge in [-0.3, -0.25) is 0 Å². The van der Waals surface area contributed by atoms with E-state index >= 15 is 0 Å². The zero-order valence-corrected chi connectivity index (χ0v) is 10.8. The van der Waals surface area contributed by atoms with Crippen molar-refractivity contribution in [2.75, 3.05) is 0 Å². The number of hydrogen-bond donors (Lipinski definition) is 1. The van der Waals surface area contributed by atoms with Gasteiger partial charge in [0.1, 0.15) is 16.7 Å². The first-order valence-electron chi connectivity index (χ1n) is 5.46. The molecule has 3 heterocycles. The van der Waals surface area contributed by atoms with Crippen LogP contribution in [-0.4, -0.2) is 30.8 Å². The number of halogens is 3. The minimum absolute atomic E-state index is 0.110. The third-order valence-electron chi connectivity index (χ3n) is 2.71. The SMILES string of the molecule is O=C(O)c1cnn(-c2ncnc3sccc23)c1C(F)(F)F. The first kappa shape index (κ1) is 13.5. The average molecular weight is 314 g/mol. The molecule has 10 heteroatoms. The van der Waals surface area contributed by atoms with Crippen LogP contribution in [0.15, 0.2) is 24.0 Å². The Kier molecular flexibility index (Phi) is 2.90. The first-order chi connectivity index (χ1) is 9.89. The molecule has 0 bridgehead atoms. The molecule has 0 fully saturated rings. The summed E-state index contributed by atoms with van der Waals surface area (Å²) >= 11 is 1.23. The molecule has 0 amide bonds. The van der Waals surface area contributed by atoms with Gasteiger partial charge in [0.15, 0.2) is 11.5 Å². The Morgan fingerprint density at radius 2 is 2.10 bits per heavy atom. The zero-order chi connectivity index (χ0) is 15.2. The maximum Gasteiger partial charge on any atom is 0.434 e. The summed E-state index contributed by atoms with van der Waals surface area (Å²) in [5, 5.41) is 14.4. The number of carboxylic acid groups (broad SMARTS) is 1. The highest BCUT2D eigenvalue weighted by atomic mass is 32.1. The number of aromatic carboxylic acids is 1. The maximum atomic E-state index is 13.1. The summed E-state index contributed by atoms with van der Waals surface area (Å²) in [5.41, 5.74) is -2.30. The van der Waals surface area contributed by atoms with Crippen LogP contribution in [-0.2, 0) is 6.18 Å². The molecule has 0 aromatic carbocycles. The summed E-state index contributed by atoms with van der Waals surface area (Å²) in [7, 11) is 0. The number of carboxylic acids is 1. The molecule has 0 spiro atoms. The molecule has 0 radical (unpaired) electrons. The Morgan fingerprint density at radius 1 is 1.33 bits per heavy atom. The van der Waals surface area contributed by atoms with Crippen LogP contribution in [0.25, 0.3) is 16.0 Å². The lowest BCUT2D eigenvalue weighted by Gasteiger charge is -2.11. The Morgan fingerprint density at radius 3 is 2.76 bits per heavy atom. The topological polar surface area (TPSA) is 80.9 Å². The maximum absolute atomic E-state index is 13.1. The van der Waals surface area contributed by atoms with Gasteiger partial charge in [0, 0.05) is 0 Å². The Hall–Kier alpha value is -2.49. The fourth-order valence-corrected chi connectivity index (χ4v) is 2.61. The largest absolute Gasteiger partial charge is 0.478 e. The minimum atomic E-state index is -4.88. The molecule has 0 saturated heterocycles. The van der Waals surface area contributed by atoms with E-state index in [4.69, 9.17) is 5.11 Å². The fraction of sp³-hybridized carbons (Fsp3) is 0.0909. The van der Waals surface area contributed by atoms with E-state index in [0.29, 0.717) is 21.1 Å². The van der Waals surface area contributed by atoms with Crippen molar-refractivity contribution in [3.63, 3.8) is 0 Å². The molecule has 6 nitrogen and oxygen atoms in total. The third-order valence-corrected chi connectivity index (χ3v) is 3.53. The van der Waals surface area contributed by atoms with Crippen LogP contribution in [0.3, 0.4) is 0 Å². The summed E-state index contributed by atoms with van der Waals surface area (Å²) in [6.45, 7) is 0. The number of fused-ring (bicyclic) bond motifs is 1. The minimum Gasteiger partial charge on any atom is -0.478 e. The Balaban J connectivity index is 2.33. The molecule has 3 rings (SSSR count). The average Bonchev–Trinajstić information content (AvgIpc) is 3.04. The lowest BCUT2D eigenvalue weighted by molar-refractivity contribution is -0.143. The van der Waals surface area contributed by atoms with Crippen molar-refractivity contribution in [3.05, 3.63) is 35.2 Å². The molecule has 0 aliphatic heterocycles. The molecule has 21 heavy (non-hydrogen) atoms. The molecule has 108 valence electrons. The Labute approximate surface area is 118 Å². The van der Waals surface area contributed by atoms with Gasteiger partial charge < -0.3 is 5.11 Å². The number of carbonyl (C=O) groups is 1. The highest BCUT2D eigenvalue weighted by Gasteiger charge is 2.41. The molecular formula is C11H5F3N4O2S. The van der Waals surface area contributed by atoms with Crippen molar-refractivity contribution < 1.29 is 23.1 Å². The van der Waals surface area contributed by atoms with Crippen LogP contribution in [0.4, 0.5) is 13.2 Å². The van der Waals surface area contributed by atoms with Gasteiger partial charge in [-0.15, -0.1) is 11.3 Å². The van der Waals surface area contributed by atoms with Crippen LogP contribution in [0.1, 0.15) is 16.1 Å². The monoisotopic (exact) mass is 314 g/mol. The standard InChI is InChI=1S/C11H5F3N4O2S/c12-11(13,14)7-6(10(19)20)3-17-18(7)8-5-1-2-21-9(5)16-4-15-8/h1-4H,(H,19,20). The molecule has 0 atom stereocenters. The number of alkyl halides is 3. The van der Waals surface area contributed by atoms with Crippen molar-refractivity contribution in [2.45, 2.75) is 6.18 Å². The quantitative estimate of drug-likeness (QED) is 0.786. The predicted molar refractivity (Wildman–Crippen MR) is 66.5 cm³/mol. The van der Waals surface area contributed by atoms with Crippen LogP contribution in [0.2, 0.25) is 0 Å². The van der Waals surface area contributed by atoms with Crippen molar-refractivity contribution in [3.8, 4) is 5.82 Å². The molecular weight excluding hydrogens is 309 g/mol. The third kappa shape index (κ3) is 2.13. The summed E-state index contributed by atoms with van der Waals surface area (Å²) in [4.78, 5) is 19.2. The van der Waals surface area contributed by atoms with Gasteiger partial charge in [0.2, 0.25) is 0 Å². The van der Waals surface area contributed by atoms with E-state index in [-0.39, 0.29) is 5.82 Å². The smallest absolute Gasteiger partial charge is 0.434 e. The van der Waals surface area contributed by atoms with Gasteiger partial charge >= 0.3 is 12.1 Å². The normalized spacial score (nSPS) is 12.0. The van der Waals surface area contributed by atoms with Gasteiger partial charge in [-0.25, -0.2) is 19.4 Å². The molecule has 1 N–H and O–H groups in total. The number of rotatable bonds is 2. The number of aromatic nitrogens is 4. The van der Waals surface area contributed by atoms with Crippen molar-refractivity contribution >= 4 is 27.5 Å². The molecule has 0 aliphatic carbocycles. The Bertz CT molecular complexity index is 839. The van der Waals surface area contributed by atoms with Gasteiger partial charge in [-0.1, -0.05) is 0 Å². The van der Waals surface area contributed by atoms with Crippen LogP contribution < -0.4 is 0 Å². The van der Waals surface area contributed by atoms with Gasteiger partial charge in [-0.05, 0) is 11.4 Å². The van der Waals surface area contributed by atoms with Gasteiger partial charge in [0.25, 0.3) is 0 Å². The number of nitrogens with zero attached hydrogens (tertiary/aromatic N) is 4. The van der Waals surface area contributed by atoms with Crippen molar-refractivity contribution in [1.29, 1.82) is 0 Å². The summed E-state index contributed by atoms with van der Waals surface area (Å²) in [6.07, 6.45) is -3.11. The molecule has 3 aromatic heterocycles. The van der Waals surface area contributed by atoms with E-state index in [2.05, 4.69) is 15.1 Å². The van der Waals surface area contributed by atoms with Crippen LogP contribution >= 0.6 is 11.3 Å². The van der Waals surface area contributed by atoms with Gasteiger partial charge in [0.05, 0.1) is 11.6 Å². The summed E-state index contributed by atoms with van der Waals surface area (Å²) in [5.74, 6) is -1.81. The van der Waals surface area contributed by atoms with Crippen molar-refractivity contribution in [2.24, 2.45) is 0 Å². The summed E-state index contributed by atoms with van der Waals surface area (Å²) in [6, 6.07) is 1.55. The predicted octanol–water partition coefficient (Wildman–Crippen LogP) is 2.59. The van der Waals surface area contributed by atoms with E-state index in [9.17, 15) is 18.0 Å². The number of thiophene rings is 1. The first-order valence-corrected chi connectivity index (χ1v) is 6.34. The number of hydrogen-bond acceptors (Lipinski definition) is 5. The van der Waals surface area contributed by atoms with E-state index in [1.807, 2.05) is 0 Å². The lowest BCUT2D eigenvalue weighted by atomic mass is 10.2. The van der Waals surface area contributed by atoms with E-state index in [1.54, 1.807) is 11.4 Å².